The highest BCUT2D eigenvalue weighted by Gasteiger charge is 2.56. The normalized spacial score (nSPS) is 33.8. The number of allylic oxidation sites excluding steroid dienone is 2. The molecule has 0 aromatic heterocycles. The molecule has 1 aromatic rings. The Balaban J connectivity index is 1.62. The Morgan fingerprint density at radius 3 is 2.60 bits per heavy atom. The molecule has 1 N–H and O–H groups in total. The first-order chi connectivity index (χ1) is 14.2. The maximum absolute atomic E-state index is 13.7. The second-order valence-corrected chi connectivity index (χ2v) is 11.3. The third-order valence-corrected chi connectivity index (χ3v) is 9.37. The van der Waals surface area contributed by atoms with Crippen molar-refractivity contribution in [3.05, 3.63) is 40.5 Å². The first-order valence-electron chi connectivity index (χ1n) is 12.3. The van der Waals surface area contributed by atoms with Gasteiger partial charge in [0.15, 0.2) is 0 Å². The van der Waals surface area contributed by atoms with Gasteiger partial charge in [0, 0.05) is 5.69 Å². The molecule has 1 amide bonds. The van der Waals surface area contributed by atoms with Crippen molar-refractivity contribution in [3.8, 4) is 0 Å². The lowest BCUT2D eigenvalue weighted by Gasteiger charge is -2.56. The molecule has 0 saturated heterocycles. The number of carbonyl (C=O) groups is 1. The van der Waals surface area contributed by atoms with E-state index in [0.29, 0.717) is 5.92 Å². The van der Waals surface area contributed by atoms with Crippen LogP contribution in [-0.2, 0) is 4.79 Å². The molecule has 3 unspecified atom stereocenters. The third-order valence-electron chi connectivity index (χ3n) is 9.37. The third kappa shape index (κ3) is 3.45. The van der Waals surface area contributed by atoms with Crippen LogP contribution in [0.1, 0.15) is 90.2 Å². The van der Waals surface area contributed by atoms with Crippen molar-refractivity contribution in [2.24, 2.45) is 28.6 Å². The molecule has 0 radical (unpaired) electrons. The first kappa shape index (κ1) is 21.7. The van der Waals surface area contributed by atoms with Crippen molar-refractivity contribution in [1.82, 2.24) is 0 Å². The number of aryl methyl sites for hydroxylation is 1. The summed E-state index contributed by atoms with van der Waals surface area (Å²) < 4.78 is 0. The standard InChI is InChI=1S/C28H41NO/c1-18(2)21-11-13-23-22(17-21)12-14-25-27(23,5)15-8-16-28(25,6)26(30)29-24-10-7-9-19(3)20(24)4/h7,9-10,18,21,25H,8,11-17H2,1-6H3,(H,29,30)/t21?,25?,27?,28-/m1/s1. The SMILES string of the molecule is Cc1cccc(NC(=O)[C@]2(C)CCCC3(C)C4=C(CCC32)CC(C(C)C)CC4)c1C. The van der Waals surface area contributed by atoms with Gasteiger partial charge < -0.3 is 5.32 Å². The maximum atomic E-state index is 13.7. The van der Waals surface area contributed by atoms with Gasteiger partial charge in [0.25, 0.3) is 0 Å². The van der Waals surface area contributed by atoms with Gasteiger partial charge in [-0.25, -0.2) is 0 Å². The Bertz CT molecular complexity index is 865. The van der Waals surface area contributed by atoms with E-state index in [1.807, 2.05) is 0 Å². The molecule has 0 spiro atoms. The lowest BCUT2D eigenvalue weighted by molar-refractivity contribution is -0.135. The molecule has 4 rings (SSSR count). The summed E-state index contributed by atoms with van der Waals surface area (Å²) in [5.74, 6) is 2.33. The van der Waals surface area contributed by atoms with Crippen molar-refractivity contribution in [2.75, 3.05) is 5.32 Å². The molecule has 164 valence electrons. The van der Waals surface area contributed by atoms with Crippen molar-refractivity contribution >= 4 is 11.6 Å². The number of fused-ring (bicyclic) bond motifs is 2. The zero-order valence-electron chi connectivity index (χ0n) is 20.0. The summed E-state index contributed by atoms with van der Waals surface area (Å²) in [7, 11) is 0. The van der Waals surface area contributed by atoms with Gasteiger partial charge in [-0.2, -0.15) is 0 Å². The predicted octanol–water partition coefficient (Wildman–Crippen LogP) is 7.60. The summed E-state index contributed by atoms with van der Waals surface area (Å²) in [6, 6.07) is 6.23. The number of hydrogen-bond donors (Lipinski definition) is 1. The number of rotatable bonds is 3. The van der Waals surface area contributed by atoms with Crippen LogP contribution in [-0.4, -0.2) is 5.91 Å². The van der Waals surface area contributed by atoms with Gasteiger partial charge in [-0.1, -0.05) is 57.4 Å². The quantitative estimate of drug-likeness (QED) is 0.513. The second kappa shape index (κ2) is 7.84. The van der Waals surface area contributed by atoms with Crippen LogP contribution in [0.5, 0.6) is 0 Å². The minimum atomic E-state index is -0.281. The summed E-state index contributed by atoms with van der Waals surface area (Å²) in [6.45, 7) is 13.8. The van der Waals surface area contributed by atoms with Crippen LogP contribution in [0, 0.1) is 42.4 Å². The van der Waals surface area contributed by atoms with Gasteiger partial charge in [-0.3, -0.25) is 4.79 Å². The van der Waals surface area contributed by atoms with Crippen molar-refractivity contribution < 1.29 is 4.79 Å². The molecule has 4 atom stereocenters. The van der Waals surface area contributed by atoms with Gasteiger partial charge in [0.1, 0.15) is 0 Å². The fourth-order valence-corrected chi connectivity index (χ4v) is 7.17. The van der Waals surface area contributed by atoms with Crippen molar-refractivity contribution in [1.29, 1.82) is 0 Å². The zero-order chi connectivity index (χ0) is 21.7. The molecule has 1 fully saturated rings. The molecule has 2 nitrogen and oxygen atoms in total. The Labute approximate surface area is 183 Å². The predicted molar refractivity (Wildman–Crippen MR) is 127 cm³/mol. The number of hydrogen-bond acceptors (Lipinski definition) is 1. The van der Waals surface area contributed by atoms with E-state index in [4.69, 9.17) is 0 Å². The smallest absolute Gasteiger partial charge is 0.230 e. The zero-order valence-corrected chi connectivity index (χ0v) is 20.0. The topological polar surface area (TPSA) is 29.1 Å². The highest BCUT2D eigenvalue weighted by Crippen LogP contribution is 2.62. The number of amides is 1. The van der Waals surface area contributed by atoms with E-state index in [1.54, 1.807) is 11.1 Å². The van der Waals surface area contributed by atoms with Crippen LogP contribution in [0.25, 0.3) is 0 Å². The van der Waals surface area contributed by atoms with Crippen LogP contribution >= 0.6 is 0 Å². The number of carbonyl (C=O) groups excluding carboxylic acids is 1. The van der Waals surface area contributed by atoms with E-state index in [2.05, 4.69) is 65.1 Å². The monoisotopic (exact) mass is 407 g/mol. The number of nitrogens with one attached hydrogen (secondary N) is 1. The van der Waals surface area contributed by atoms with Crippen LogP contribution in [0.4, 0.5) is 5.69 Å². The van der Waals surface area contributed by atoms with Gasteiger partial charge in [0.2, 0.25) is 5.91 Å². The lowest BCUT2D eigenvalue weighted by atomic mass is 9.48. The average molecular weight is 408 g/mol. The highest BCUT2D eigenvalue weighted by molar-refractivity contribution is 5.96. The Morgan fingerprint density at radius 2 is 1.87 bits per heavy atom. The summed E-state index contributed by atoms with van der Waals surface area (Å²) in [4.78, 5) is 13.7. The number of benzene rings is 1. The first-order valence-corrected chi connectivity index (χ1v) is 12.3. The van der Waals surface area contributed by atoms with Crippen LogP contribution < -0.4 is 5.32 Å². The van der Waals surface area contributed by atoms with Crippen LogP contribution in [0.2, 0.25) is 0 Å². The molecular weight excluding hydrogens is 366 g/mol. The molecule has 1 aromatic carbocycles. The molecule has 3 aliphatic carbocycles. The molecule has 1 saturated carbocycles. The van der Waals surface area contributed by atoms with Crippen molar-refractivity contribution in [2.45, 2.75) is 92.9 Å². The summed E-state index contributed by atoms with van der Waals surface area (Å²) in [5, 5.41) is 3.35. The lowest BCUT2D eigenvalue weighted by Crippen LogP contribution is -2.52. The molecule has 0 bridgehead atoms. The maximum Gasteiger partial charge on any atom is 0.230 e. The van der Waals surface area contributed by atoms with E-state index in [9.17, 15) is 4.79 Å². The van der Waals surface area contributed by atoms with E-state index in [0.717, 1.165) is 30.4 Å². The average Bonchev–Trinajstić information content (AvgIpc) is 2.70. The van der Waals surface area contributed by atoms with E-state index in [1.165, 1.54) is 49.7 Å². The summed E-state index contributed by atoms with van der Waals surface area (Å²) in [5.41, 5.74) is 6.85. The van der Waals surface area contributed by atoms with Gasteiger partial charge in [0.05, 0.1) is 5.41 Å². The van der Waals surface area contributed by atoms with Crippen LogP contribution in [0.15, 0.2) is 29.3 Å². The fraction of sp³-hybridized carbons (Fsp3) is 0.679. The van der Waals surface area contributed by atoms with Gasteiger partial charge >= 0.3 is 0 Å². The molecule has 0 aliphatic heterocycles. The van der Waals surface area contributed by atoms with Crippen LogP contribution in [0.3, 0.4) is 0 Å². The molecular formula is C28H41NO. The summed E-state index contributed by atoms with van der Waals surface area (Å²) >= 11 is 0. The largest absolute Gasteiger partial charge is 0.325 e. The Morgan fingerprint density at radius 1 is 1.10 bits per heavy atom. The van der Waals surface area contributed by atoms with Crippen molar-refractivity contribution in [3.63, 3.8) is 0 Å². The van der Waals surface area contributed by atoms with E-state index >= 15 is 0 Å². The minimum Gasteiger partial charge on any atom is -0.325 e. The molecule has 2 heteroatoms. The highest BCUT2D eigenvalue weighted by atomic mass is 16.2. The fourth-order valence-electron chi connectivity index (χ4n) is 7.17. The Hall–Kier alpha value is -1.57. The van der Waals surface area contributed by atoms with Gasteiger partial charge in [-0.15, -0.1) is 0 Å². The number of anilines is 1. The molecule has 30 heavy (non-hydrogen) atoms. The van der Waals surface area contributed by atoms with E-state index < -0.39 is 0 Å². The second-order valence-electron chi connectivity index (χ2n) is 11.3. The summed E-state index contributed by atoms with van der Waals surface area (Å²) in [6.07, 6.45) is 9.73. The minimum absolute atomic E-state index is 0.210. The van der Waals surface area contributed by atoms with Gasteiger partial charge in [-0.05, 0) is 99.2 Å². The molecule has 0 heterocycles. The molecule has 3 aliphatic rings. The van der Waals surface area contributed by atoms with E-state index in [-0.39, 0.29) is 16.7 Å². The Kier molecular flexibility index (Phi) is 5.66.